The second kappa shape index (κ2) is 16.8. The molecule has 2 aromatic carbocycles. The lowest BCUT2D eigenvalue weighted by Gasteiger charge is -2.25. The molecule has 0 aliphatic rings. The van der Waals surface area contributed by atoms with E-state index in [0.29, 0.717) is 0 Å². The highest BCUT2D eigenvalue weighted by Gasteiger charge is 2.10. The summed E-state index contributed by atoms with van der Waals surface area (Å²) in [6.45, 7) is 5.53. The zero-order chi connectivity index (χ0) is 28.7. The fourth-order valence-electron chi connectivity index (χ4n) is 3.89. The lowest BCUT2D eigenvalue weighted by molar-refractivity contribution is 0.412. The molecule has 4 rings (SSSR count). The summed E-state index contributed by atoms with van der Waals surface area (Å²) in [5.74, 6) is 2.01. The molecule has 0 fully saturated rings. The first-order valence-corrected chi connectivity index (χ1v) is 14.2. The van der Waals surface area contributed by atoms with Gasteiger partial charge in [-0.05, 0) is 87.8 Å². The molecule has 6 nitrogen and oxygen atoms in total. The van der Waals surface area contributed by atoms with E-state index in [-0.39, 0.29) is 0 Å². The minimum absolute atomic E-state index is 0.770. The van der Waals surface area contributed by atoms with E-state index in [0.717, 1.165) is 60.9 Å². The Morgan fingerprint density at radius 1 is 0.500 bits per heavy atom. The van der Waals surface area contributed by atoms with Crippen molar-refractivity contribution in [1.82, 2.24) is 19.8 Å². The first kappa shape index (κ1) is 31.4. The zero-order valence-electron chi connectivity index (χ0n) is 23.9. The van der Waals surface area contributed by atoms with Gasteiger partial charge in [-0.15, -0.1) is 0 Å². The molecule has 0 amide bonds. The summed E-state index contributed by atoms with van der Waals surface area (Å²) in [6, 6.07) is 28.0. The van der Waals surface area contributed by atoms with E-state index < -0.39 is 0 Å². The standard InChI is InChI=1S/2C16H20ClN3/c2*1-19(2)11-12-20(16-5-3-4-10-18-16)13-14-6-8-15(17)9-7-14/h2*3-10H,11-13H2,1-2H3. The van der Waals surface area contributed by atoms with Gasteiger partial charge in [-0.1, -0.05) is 59.6 Å². The van der Waals surface area contributed by atoms with Crippen LogP contribution in [0, 0.1) is 0 Å². The Morgan fingerprint density at radius 2 is 0.875 bits per heavy atom. The van der Waals surface area contributed by atoms with Gasteiger partial charge < -0.3 is 19.6 Å². The predicted octanol–water partition coefficient (Wildman–Crippen LogP) is 6.61. The number of pyridine rings is 2. The third kappa shape index (κ3) is 11.5. The van der Waals surface area contributed by atoms with Crippen LogP contribution >= 0.6 is 23.2 Å². The van der Waals surface area contributed by atoms with Gasteiger partial charge in [0, 0.05) is 61.7 Å². The van der Waals surface area contributed by atoms with Gasteiger partial charge in [-0.25, -0.2) is 9.97 Å². The minimum atomic E-state index is 0.770. The smallest absolute Gasteiger partial charge is 0.128 e. The lowest BCUT2D eigenvalue weighted by Crippen LogP contribution is -2.31. The normalized spacial score (nSPS) is 10.8. The lowest BCUT2D eigenvalue weighted by atomic mass is 10.2. The van der Waals surface area contributed by atoms with E-state index >= 15 is 0 Å². The van der Waals surface area contributed by atoms with Crippen molar-refractivity contribution in [3.8, 4) is 0 Å². The maximum absolute atomic E-state index is 5.94. The van der Waals surface area contributed by atoms with Crippen LogP contribution in [-0.4, -0.2) is 74.1 Å². The summed E-state index contributed by atoms with van der Waals surface area (Å²) in [5, 5.41) is 1.54. The number of hydrogen-bond acceptors (Lipinski definition) is 6. The van der Waals surface area contributed by atoms with Crippen LogP contribution in [0.15, 0.2) is 97.3 Å². The summed E-state index contributed by atoms with van der Waals surface area (Å²) < 4.78 is 0. The average molecular weight is 580 g/mol. The van der Waals surface area contributed by atoms with Crippen LogP contribution < -0.4 is 9.80 Å². The van der Waals surface area contributed by atoms with Crippen LogP contribution in [0.4, 0.5) is 11.6 Å². The van der Waals surface area contributed by atoms with Crippen LogP contribution in [0.3, 0.4) is 0 Å². The van der Waals surface area contributed by atoms with Crippen molar-refractivity contribution in [3.63, 3.8) is 0 Å². The summed E-state index contributed by atoms with van der Waals surface area (Å²) in [7, 11) is 8.33. The summed E-state index contributed by atoms with van der Waals surface area (Å²) >= 11 is 11.9. The first-order chi connectivity index (χ1) is 19.3. The van der Waals surface area contributed by atoms with Gasteiger partial charge in [0.2, 0.25) is 0 Å². The minimum Gasteiger partial charge on any atom is -0.351 e. The topological polar surface area (TPSA) is 38.7 Å². The fraction of sp³-hybridized carbons (Fsp3) is 0.312. The molecule has 2 heterocycles. The van der Waals surface area contributed by atoms with Crippen molar-refractivity contribution in [2.24, 2.45) is 0 Å². The third-order valence-corrected chi connectivity index (χ3v) is 6.66. The van der Waals surface area contributed by atoms with E-state index in [9.17, 15) is 0 Å². The van der Waals surface area contributed by atoms with Crippen molar-refractivity contribution >= 4 is 34.8 Å². The molecule has 0 N–H and O–H groups in total. The van der Waals surface area contributed by atoms with Crippen LogP contribution in [-0.2, 0) is 13.1 Å². The zero-order valence-corrected chi connectivity index (χ0v) is 25.4. The second-order valence-electron chi connectivity index (χ2n) is 10.1. The number of nitrogens with zero attached hydrogens (tertiary/aromatic N) is 6. The fourth-order valence-corrected chi connectivity index (χ4v) is 4.14. The van der Waals surface area contributed by atoms with E-state index in [2.05, 4.69) is 82.0 Å². The quantitative estimate of drug-likeness (QED) is 0.188. The Labute approximate surface area is 249 Å². The van der Waals surface area contributed by atoms with E-state index in [4.69, 9.17) is 23.2 Å². The molecule has 0 saturated heterocycles. The Hall–Kier alpha value is -3.16. The first-order valence-electron chi connectivity index (χ1n) is 13.4. The number of hydrogen-bond donors (Lipinski definition) is 0. The van der Waals surface area contributed by atoms with Gasteiger partial charge in [-0.3, -0.25) is 0 Å². The summed E-state index contributed by atoms with van der Waals surface area (Å²) in [4.78, 5) is 17.8. The van der Waals surface area contributed by atoms with E-state index in [1.807, 2.05) is 73.1 Å². The molecule has 0 aliphatic heterocycles. The maximum Gasteiger partial charge on any atom is 0.128 e. The van der Waals surface area contributed by atoms with E-state index in [1.54, 1.807) is 0 Å². The summed E-state index contributed by atoms with van der Waals surface area (Å²) in [6.07, 6.45) is 3.67. The number of aromatic nitrogens is 2. The molecule has 0 radical (unpaired) electrons. The average Bonchev–Trinajstić information content (AvgIpc) is 2.96. The highest BCUT2D eigenvalue weighted by Crippen LogP contribution is 2.17. The molecule has 0 aliphatic carbocycles. The Balaban J connectivity index is 0.000000220. The van der Waals surface area contributed by atoms with Gasteiger partial charge in [0.05, 0.1) is 0 Å². The van der Waals surface area contributed by atoms with Gasteiger partial charge in [-0.2, -0.15) is 0 Å². The van der Waals surface area contributed by atoms with Crippen LogP contribution in [0.5, 0.6) is 0 Å². The number of halogens is 2. The predicted molar refractivity (Wildman–Crippen MR) is 171 cm³/mol. The molecular formula is C32H40Cl2N6. The van der Waals surface area contributed by atoms with Crippen molar-refractivity contribution in [2.45, 2.75) is 13.1 Å². The van der Waals surface area contributed by atoms with Gasteiger partial charge in [0.1, 0.15) is 11.6 Å². The third-order valence-electron chi connectivity index (χ3n) is 6.15. The van der Waals surface area contributed by atoms with E-state index in [1.165, 1.54) is 11.1 Å². The van der Waals surface area contributed by atoms with Crippen molar-refractivity contribution in [3.05, 3.63) is 118 Å². The van der Waals surface area contributed by atoms with Gasteiger partial charge in [0.25, 0.3) is 0 Å². The molecule has 212 valence electrons. The number of benzene rings is 2. The monoisotopic (exact) mass is 578 g/mol. The molecule has 0 bridgehead atoms. The van der Waals surface area contributed by atoms with Crippen molar-refractivity contribution < 1.29 is 0 Å². The van der Waals surface area contributed by atoms with Gasteiger partial charge in [0.15, 0.2) is 0 Å². The molecule has 8 heteroatoms. The van der Waals surface area contributed by atoms with Crippen molar-refractivity contribution in [1.29, 1.82) is 0 Å². The van der Waals surface area contributed by atoms with Gasteiger partial charge >= 0.3 is 0 Å². The van der Waals surface area contributed by atoms with Crippen molar-refractivity contribution in [2.75, 3.05) is 64.2 Å². The molecular weight excluding hydrogens is 539 g/mol. The summed E-state index contributed by atoms with van der Waals surface area (Å²) in [5.41, 5.74) is 2.47. The van der Waals surface area contributed by atoms with Crippen LogP contribution in [0.2, 0.25) is 10.0 Å². The molecule has 40 heavy (non-hydrogen) atoms. The Kier molecular flexibility index (Phi) is 13.2. The molecule has 0 spiro atoms. The molecule has 0 unspecified atom stereocenters. The number of rotatable bonds is 12. The number of likely N-dealkylation sites (N-methyl/N-ethyl adjacent to an activating group) is 2. The molecule has 2 aromatic heterocycles. The Bertz CT molecular complexity index is 1120. The molecule has 0 atom stereocenters. The highest BCUT2D eigenvalue weighted by molar-refractivity contribution is 6.30. The maximum atomic E-state index is 5.94. The highest BCUT2D eigenvalue weighted by atomic mass is 35.5. The second-order valence-corrected chi connectivity index (χ2v) is 11.0. The Morgan fingerprint density at radius 3 is 1.18 bits per heavy atom. The molecule has 4 aromatic rings. The largest absolute Gasteiger partial charge is 0.351 e. The van der Waals surface area contributed by atoms with Crippen LogP contribution in [0.1, 0.15) is 11.1 Å². The molecule has 0 saturated carbocycles. The number of anilines is 2. The van der Waals surface area contributed by atoms with Crippen LogP contribution in [0.25, 0.3) is 0 Å². The SMILES string of the molecule is CN(C)CCN(Cc1ccc(Cl)cc1)c1ccccn1.CN(C)CCN(Cc1ccc(Cl)cc1)c1ccccn1.